The molecule has 0 amide bonds. The van der Waals surface area contributed by atoms with E-state index < -0.39 is 10.7 Å². The number of aliphatic hydroxyl groups is 1. The van der Waals surface area contributed by atoms with Gasteiger partial charge in [-0.2, -0.15) is 0 Å². The summed E-state index contributed by atoms with van der Waals surface area (Å²) in [5, 5.41) is 23.2. The summed E-state index contributed by atoms with van der Waals surface area (Å²) in [6.45, 7) is 5.85. The first-order valence-corrected chi connectivity index (χ1v) is 6.97. The number of nitrogens with zero attached hydrogens (tertiary/aromatic N) is 1. The Balaban J connectivity index is 3.18. The van der Waals surface area contributed by atoms with Crippen molar-refractivity contribution in [3.05, 3.63) is 32.5 Å². The lowest BCUT2D eigenvalue weighted by atomic mass is 9.84. The van der Waals surface area contributed by atoms with Crippen molar-refractivity contribution in [3.8, 4) is 0 Å². The van der Waals surface area contributed by atoms with Gasteiger partial charge in [-0.05, 0) is 33.8 Å². The number of aliphatic hydroxyl groups excluding tert-OH is 1. The number of hydrogen-bond acceptors (Lipinski definition) is 4. The number of rotatable bonds is 5. The van der Waals surface area contributed by atoms with E-state index in [9.17, 15) is 14.5 Å². The minimum Gasteiger partial charge on any atom is -0.396 e. The molecule has 20 heavy (non-hydrogen) atoms. The summed E-state index contributed by atoms with van der Waals surface area (Å²) in [5.41, 5.74) is -0.299. The van der Waals surface area contributed by atoms with E-state index in [1.807, 2.05) is 20.8 Å². The smallest absolute Gasteiger partial charge is 0.295 e. The molecule has 0 heterocycles. The van der Waals surface area contributed by atoms with Gasteiger partial charge in [0.15, 0.2) is 0 Å². The monoisotopic (exact) mass is 348 g/mol. The number of nitro benzene ring substituents is 1. The van der Waals surface area contributed by atoms with E-state index in [-0.39, 0.29) is 33.9 Å². The summed E-state index contributed by atoms with van der Waals surface area (Å²) in [5.74, 6) is -0.684. The Morgan fingerprint density at radius 3 is 2.55 bits per heavy atom. The number of anilines is 1. The molecule has 0 spiro atoms. The van der Waals surface area contributed by atoms with Crippen LogP contribution in [0.5, 0.6) is 0 Å². The predicted molar refractivity (Wildman–Crippen MR) is 79.3 cm³/mol. The van der Waals surface area contributed by atoms with Gasteiger partial charge in [0.05, 0.1) is 15.5 Å². The van der Waals surface area contributed by atoms with Gasteiger partial charge >= 0.3 is 0 Å². The SMILES string of the molecule is CC(C)(C)C(CCO)Nc1cc(Br)c(F)cc1[N+](=O)[O-]. The molecule has 0 aromatic heterocycles. The van der Waals surface area contributed by atoms with E-state index in [2.05, 4.69) is 21.2 Å². The molecule has 0 saturated heterocycles. The van der Waals surface area contributed by atoms with Crippen LogP contribution in [0.3, 0.4) is 0 Å². The summed E-state index contributed by atoms with van der Waals surface area (Å²) in [7, 11) is 0. The Morgan fingerprint density at radius 1 is 1.50 bits per heavy atom. The van der Waals surface area contributed by atoms with Crippen LogP contribution in [0.25, 0.3) is 0 Å². The molecule has 1 rings (SSSR count). The molecule has 1 aromatic carbocycles. The molecule has 0 aliphatic rings. The summed E-state index contributed by atoms with van der Waals surface area (Å²) < 4.78 is 13.6. The second-order valence-corrected chi connectivity index (χ2v) is 6.47. The summed E-state index contributed by atoms with van der Waals surface area (Å²) in [4.78, 5) is 10.4. The molecule has 0 bridgehead atoms. The molecule has 0 radical (unpaired) electrons. The Labute approximate surface area is 125 Å². The van der Waals surface area contributed by atoms with E-state index in [4.69, 9.17) is 5.11 Å². The molecule has 1 aromatic rings. The molecule has 0 aliphatic carbocycles. The largest absolute Gasteiger partial charge is 0.396 e. The molecule has 5 nitrogen and oxygen atoms in total. The van der Waals surface area contributed by atoms with E-state index in [1.54, 1.807) is 0 Å². The standard InChI is InChI=1S/C13H18BrFN2O3/c1-13(2,3)12(4-5-18)16-10-6-8(14)9(15)7-11(10)17(19)20/h6-7,12,16,18H,4-5H2,1-3H3. The van der Waals surface area contributed by atoms with Gasteiger partial charge in [0.1, 0.15) is 11.5 Å². The summed E-state index contributed by atoms with van der Waals surface area (Å²) in [6.07, 6.45) is 0.440. The minimum atomic E-state index is -0.684. The van der Waals surface area contributed by atoms with Gasteiger partial charge in [0.2, 0.25) is 0 Å². The van der Waals surface area contributed by atoms with Crippen molar-refractivity contribution < 1.29 is 14.4 Å². The quantitative estimate of drug-likeness (QED) is 0.628. The van der Waals surface area contributed by atoms with Crippen LogP contribution < -0.4 is 5.32 Å². The molecule has 0 aliphatic heterocycles. The Bertz CT molecular complexity index is 503. The average Bonchev–Trinajstić information content (AvgIpc) is 2.31. The van der Waals surface area contributed by atoms with Crippen LogP contribution in [0.1, 0.15) is 27.2 Å². The van der Waals surface area contributed by atoms with Crippen molar-refractivity contribution >= 4 is 27.3 Å². The Hall–Kier alpha value is -1.21. The van der Waals surface area contributed by atoms with E-state index in [1.165, 1.54) is 6.07 Å². The van der Waals surface area contributed by atoms with Crippen LogP contribution in [0.2, 0.25) is 0 Å². The van der Waals surface area contributed by atoms with Gasteiger partial charge < -0.3 is 10.4 Å². The zero-order valence-corrected chi connectivity index (χ0v) is 13.2. The minimum absolute atomic E-state index is 0.0366. The fourth-order valence-electron chi connectivity index (χ4n) is 1.84. The predicted octanol–water partition coefficient (Wildman–Crippen LogP) is 3.71. The lowest BCUT2D eigenvalue weighted by Gasteiger charge is -2.31. The third-order valence-corrected chi connectivity index (χ3v) is 3.64. The fourth-order valence-corrected chi connectivity index (χ4v) is 2.18. The molecular weight excluding hydrogens is 331 g/mol. The highest BCUT2D eigenvalue weighted by atomic mass is 79.9. The van der Waals surface area contributed by atoms with Crippen molar-refractivity contribution in [3.63, 3.8) is 0 Å². The number of hydrogen-bond donors (Lipinski definition) is 2. The van der Waals surface area contributed by atoms with Crippen LogP contribution in [-0.4, -0.2) is 22.7 Å². The van der Waals surface area contributed by atoms with Crippen LogP contribution >= 0.6 is 15.9 Å². The number of nitrogens with one attached hydrogen (secondary N) is 1. The first kappa shape index (κ1) is 16.8. The molecule has 1 unspecified atom stereocenters. The maximum Gasteiger partial charge on any atom is 0.295 e. The summed E-state index contributed by atoms with van der Waals surface area (Å²) >= 11 is 3.02. The first-order chi connectivity index (χ1) is 9.16. The van der Waals surface area contributed by atoms with Gasteiger partial charge in [-0.25, -0.2) is 4.39 Å². The molecular formula is C13H18BrFN2O3. The molecule has 1 atom stereocenters. The first-order valence-electron chi connectivity index (χ1n) is 6.17. The highest BCUT2D eigenvalue weighted by Crippen LogP contribution is 2.34. The van der Waals surface area contributed by atoms with Crippen molar-refractivity contribution in [1.29, 1.82) is 0 Å². The molecule has 0 saturated carbocycles. The van der Waals surface area contributed by atoms with Crippen molar-refractivity contribution in [2.24, 2.45) is 5.41 Å². The highest BCUT2D eigenvalue weighted by molar-refractivity contribution is 9.10. The van der Waals surface area contributed by atoms with E-state index >= 15 is 0 Å². The number of nitro groups is 1. The number of halogens is 2. The van der Waals surface area contributed by atoms with Gasteiger partial charge in [0.25, 0.3) is 5.69 Å². The van der Waals surface area contributed by atoms with E-state index in [0.29, 0.717) is 6.42 Å². The average molecular weight is 349 g/mol. The Kier molecular flexibility index (Phi) is 5.47. The van der Waals surface area contributed by atoms with E-state index in [0.717, 1.165) is 6.07 Å². The highest BCUT2D eigenvalue weighted by Gasteiger charge is 2.27. The van der Waals surface area contributed by atoms with Crippen molar-refractivity contribution in [1.82, 2.24) is 0 Å². The zero-order chi connectivity index (χ0) is 15.5. The maximum absolute atomic E-state index is 13.4. The zero-order valence-electron chi connectivity index (χ0n) is 11.6. The fraction of sp³-hybridized carbons (Fsp3) is 0.538. The van der Waals surface area contributed by atoms with Crippen LogP contribution in [0, 0.1) is 21.3 Å². The lowest BCUT2D eigenvalue weighted by Crippen LogP contribution is -2.35. The van der Waals surface area contributed by atoms with Gasteiger partial charge in [-0.15, -0.1) is 0 Å². The summed E-state index contributed by atoms with van der Waals surface area (Å²) in [6, 6.07) is 2.05. The maximum atomic E-state index is 13.4. The topological polar surface area (TPSA) is 75.4 Å². The van der Waals surface area contributed by atoms with Gasteiger partial charge in [-0.3, -0.25) is 10.1 Å². The molecule has 7 heteroatoms. The number of benzene rings is 1. The normalized spacial score (nSPS) is 13.1. The van der Waals surface area contributed by atoms with Crippen LogP contribution in [0.4, 0.5) is 15.8 Å². The second kappa shape index (κ2) is 6.49. The van der Waals surface area contributed by atoms with Crippen molar-refractivity contribution in [2.75, 3.05) is 11.9 Å². The molecule has 112 valence electrons. The lowest BCUT2D eigenvalue weighted by molar-refractivity contribution is -0.384. The van der Waals surface area contributed by atoms with Crippen LogP contribution in [-0.2, 0) is 0 Å². The third kappa shape index (κ3) is 4.14. The molecule has 0 fully saturated rings. The third-order valence-electron chi connectivity index (χ3n) is 3.03. The molecule has 2 N–H and O–H groups in total. The Morgan fingerprint density at radius 2 is 2.10 bits per heavy atom. The van der Waals surface area contributed by atoms with Gasteiger partial charge in [-0.1, -0.05) is 20.8 Å². The van der Waals surface area contributed by atoms with Crippen molar-refractivity contribution in [2.45, 2.75) is 33.2 Å². The van der Waals surface area contributed by atoms with Crippen LogP contribution in [0.15, 0.2) is 16.6 Å². The van der Waals surface area contributed by atoms with Gasteiger partial charge in [0, 0.05) is 12.6 Å². The second-order valence-electron chi connectivity index (χ2n) is 5.62.